The second-order valence-electron chi connectivity index (χ2n) is 34.8. The van der Waals surface area contributed by atoms with Gasteiger partial charge in [-0.1, -0.05) is 394 Å². The van der Waals surface area contributed by atoms with Crippen molar-refractivity contribution in [3.63, 3.8) is 0 Å². The molecule has 13 heteroatoms. The smallest absolute Gasteiger partial charge is 0.164 e. The molecule has 0 saturated carbocycles. The third-order valence-corrected chi connectivity index (χ3v) is 26.2. The molecule has 0 saturated heterocycles. The van der Waals surface area contributed by atoms with Crippen LogP contribution in [0.3, 0.4) is 0 Å². The van der Waals surface area contributed by atoms with Crippen LogP contribution in [0.15, 0.2) is 504 Å². The molecule has 13 nitrogen and oxygen atoms in total. The lowest BCUT2D eigenvalue weighted by Gasteiger charge is -2.13. The van der Waals surface area contributed by atoms with Crippen LogP contribution in [0.25, 0.3) is 251 Å². The lowest BCUT2D eigenvalue weighted by Crippen LogP contribution is -2.00. The fraction of sp³-hybridized carbons (Fsp3) is 0. The Morgan fingerprint density at radius 2 is 0.319 bits per heavy atom. The molecule has 141 heavy (non-hydrogen) atoms. The first kappa shape index (κ1) is 83.6. The Labute approximate surface area is 812 Å². The highest BCUT2D eigenvalue weighted by Crippen LogP contribution is 2.47. The summed E-state index contributed by atoms with van der Waals surface area (Å²) in [5.74, 6) is 3.33. The van der Waals surface area contributed by atoms with E-state index in [2.05, 4.69) is 378 Å². The Bertz CT molecular complexity index is 8310. The van der Waals surface area contributed by atoms with E-state index in [4.69, 9.17) is 49.8 Å². The molecule has 0 spiro atoms. The SMILES string of the molecule is c1ccc(-c2cc(-c3ccc(-n4c5ccccc5c5c(-c6ccccc6)nc6ccccc6c54)cc3)nc(-c3ccccc3)n2)cc1.c1ccc(-c2cc(-c3ccccc3)nc(-c3ccc(-n4c5ccccc5c5c(-c6ccccc6)nc6ccccc6c54)cc3)n2)cc1.c1ccc(-c2nc(-c3ccccc3)nc(-c3ccc(-n4c5ccccc5c5c(-c6ccccc6)nc6ccccc6c54)cc3)n2)cc1. The van der Waals surface area contributed by atoms with Crippen molar-refractivity contribution in [2.24, 2.45) is 0 Å². The van der Waals surface area contributed by atoms with Gasteiger partial charge in [-0.15, -0.1) is 0 Å². The molecule has 0 N–H and O–H groups in total. The van der Waals surface area contributed by atoms with E-state index in [1.807, 2.05) is 140 Å². The van der Waals surface area contributed by atoms with Gasteiger partial charge in [0.1, 0.15) is 0 Å². The molecule has 0 unspecified atom stereocenters. The Kier molecular flexibility index (Phi) is 21.6. The normalized spacial score (nSPS) is 11.4. The number of aromatic nitrogens is 13. The zero-order valence-corrected chi connectivity index (χ0v) is 76.2. The molecule has 0 aliphatic rings. The predicted molar refractivity (Wildman–Crippen MR) is 578 cm³/mol. The largest absolute Gasteiger partial charge is 0.308 e. The van der Waals surface area contributed by atoms with Gasteiger partial charge >= 0.3 is 0 Å². The van der Waals surface area contributed by atoms with Crippen molar-refractivity contribution < 1.29 is 0 Å². The number of rotatable bonds is 15. The maximum Gasteiger partial charge on any atom is 0.164 e. The number of fused-ring (bicyclic) bond motifs is 15. The third-order valence-electron chi connectivity index (χ3n) is 26.2. The molecule has 9 aromatic heterocycles. The molecule has 0 bridgehead atoms. The monoisotopic (exact) mass is 1800 g/mol. The Morgan fingerprint density at radius 1 is 0.135 bits per heavy atom. The van der Waals surface area contributed by atoms with E-state index in [1.165, 1.54) is 16.2 Å². The number of hydrogen-bond donors (Lipinski definition) is 0. The van der Waals surface area contributed by atoms with Gasteiger partial charge in [0, 0.05) is 132 Å². The van der Waals surface area contributed by atoms with Crippen LogP contribution < -0.4 is 0 Å². The van der Waals surface area contributed by atoms with E-state index in [-0.39, 0.29) is 0 Å². The Morgan fingerprint density at radius 3 is 0.574 bits per heavy atom. The second kappa shape index (κ2) is 36.5. The molecule has 0 atom stereocenters. The van der Waals surface area contributed by atoms with Crippen molar-refractivity contribution in [2.75, 3.05) is 0 Å². The summed E-state index contributed by atoms with van der Waals surface area (Å²) in [5.41, 5.74) is 31.8. The van der Waals surface area contributed by atoms with E-state index in [0.29, 0.717) is 29.1 Å². The van der Waals surface area contributed by atoms with Gasteiger partial charge in [-0.05, 0) is 109 Å². The standard InChI is InChI=1S/2C43H28N4.C42H27N5/c1-4-14-29(15-5-1)37-28-38(46-43(45-37)32-18-8-3-9-19-32)30-24-26-33(27-25-30)47-39-23-13-11-21-35(39)40-41(31-16-6-2-7-17-31)44-36-22-12-10-20-34(36)42(40)47;1-4-14-29(15-5-1)37-28-38(30-16-6-2-7-17-30)46-43(45-37)32-24-26-33(27-25-32)47-39-23-13-11-21-35(39)40-41(31-18-8-3-9-19-31)44-36-22-12-10-20-34(36)42(40)47;1-4-14-28(15-5-1)38-37-34-21-11-13-23-36(34)47(39(37)33-20-10-12-22-35(33)43-38)32-26-24-31(25-27-32)42-45-40(29-16-6-2-7-17-29)44-41(46-42)30-18-8-3-9-19-30/h2*1-28H;1-27H. The number of para-hydroxylation sites is 6. The second-order valence-corrected chi connectivity index (χ2v) is 34.8. The lowest BCUT2D eigenvalue weighted by atomic mass is 10.0. The van der Waals surface area contributed by atoms with Gasteiger partial charge in [-0.3, -0.25) is 0 Å². The minimum absolute atomic E-state index is 0.632. The maximum absolute atomic E-state index is 5.22. The summed E-state index contributed by atoms with van der Waals surface area (Å²) in [6.07, 6.45) is 0. The summed E-state index contributed by atoms with van der Waals surface area (Å²) in [6.45, 7) is 0. The number of hydrogen-bond acceptors (Lipinski definition) is 10. The lowest BCUT2D eigenvalue weighted by molar-refractivity contribution is 1.07. The highest BCUT2D eigenvalue weighted by atomic mass is 15.0. The van der Waals surface area contributed by atoms with E-state index < -0.39 is 0 Å². The number of pyridine rings is 3. The average molecular weight is 1800 g/mol. The van der Waals surface area contributed by atoms with Gasteiger partial charge in [0.25, 0.3) is 0 Å². The zero-order chi connectivity index (χ0) is 93.5. The van der Waals surface area contributed by atoms with Crippen LogP contribution in [0.1, 0.15) is 0 Å². The summed E-state index contributed by atoms with van der Waals surface area (Å²) in [6, 6.07) is 174. The molecule has 27 rings (SSSR count). The number of benzene rings is 18. The minimum atomic E-state index is 0.632. The van der Waals surface area contributed by atoms with Crippen molar-refractivity contribution in [1.29, 1.82) is 0 Å². The first-order chi connectivity index (χ1) is 69.9. The molecular weight excluding hydrogens is 1720 g/mol. The molecule has 0 aliphatic heterocycles. The van der Waals surface area contributed by atoms with Crippen LogP contribution in [0.5, 0.6) is 0 Å². The van der Waals surface area contributed by atoms with Gasteiger partial charge in [-0.25, -0.2) is 49.8 Å². The van der Waals surface area contributed by atoms with Crippen LogP contribution in [0.4, 0.5) is 0 Å². The molecule has 18 aromatic carbocycles. The Hall–Kier alpha value is -19.2. The highest BCUT2D eigenvalue weighted by Gasteiger charge is 2.27. The molecule has 9 heterocycles. The average Bonchev–Trinajstić information content (AvgIpc) is 1.57. The van der Waals surface area contributed by atoms with E-state index in [1.54, 1.807) is 0 Å². The molecule has 0 amide bonds. The number of nitrogens with zero attached hydrogens (tertiary/aromatic N) is 13. The van der Waals surface area contributed by atoms with Gasteiger partial charge in [0.2, 0.25) is 0 Å². The first-order valence-corrected chi connectivity index (χ1v) is 47.3. The molecule has 660 valence electrons. The van der Waals surface area contributed by atoms with Crippen molar-refractivity contribution in [3.8, 4) is 153 Å². The maximum atomic E-state index is 5.22. The highest BCUT2D eigenvalue weighted by molar-refractivity contribution is 6.25. The fourth-order valence-electron chi connectivity index (χ4n) is 19.7. The van der Waals surface area contributed by atoms with Crippen LogP contribution in [-0.4, -0.2) is 63.5 Å². The van der Waals surface area contributed by atoms with Gasteiger partial charge in [0.15, 0.2) is 29.1 Å². The van der Waals surface area contributed by atoms with E-state index in [9.17, 15) is 0 Å². The van der Waals surface area contributed by atoms with Crippen molar-refractivity contribution >= 4 is 98.1 Å². The molecule has 27 aromatic rings. The van der Waals surface area contributed by atoms with Gasteiger partial charge in [-0.2, -0.15) is 0 Å². The first-order valence-electron chi connectivity index (χ1n) is 47.3. The Balaban J connectivity index is 0.000000111. The van der Waals surface area contributed by atoms with E-state index >= 15 is 0 Å². The summed E-state index contributed by atoms with van der Waals surface area (Å²) in [7, 11) is 0. The van der Waals surface area contributed by atoms with Crippen molar-refractivity contribution in [2.45, 2.75) is 0 Å². The summed E-state index contributed by atoms with van der Waals surface area (Å²) < 4.78 is 7.13. The van der Waals surface area contributed by atoms with Gasteiger partial charge in [0.05, 0.1) is 89.5 Å². The third kappa shape index (κ3) is 15.8. The predicted octanol–water partition coefficient (Wildman–Crippen LogP) is 31.8. The van der Waals surface area contributed by atoms with Gasteiger partial charge < -0.3 is 13.7 Å². The molecule has 0 radical (unpaired) electrons. The fourth-order valence-corrected chi connectivity index (χ4v) is 19.7. The molecule has 0 aliphatic carbocycles. The summed E-state index contributed by atoms with van der Waals surface area (Å²) in [5, 5.41) is 10.3. The van der Waals surface area contributed by atoms with Crippen LogP contribution in [0.2, 0.25) is 0 Å². The summed E-state index contributed by atoms with van der Waals surface area (Å²) >= 11 is 0. The van der Waals surface area contributed by atoms with Crippen molar-refractivity contribution in [3.05, 3.63) is 504 Å². The quantitative estimate of drug-likeness (QED) is 0.0973. The minimum Gasteiger partial charge on any atom is -0.308 e. The molecule has 0 fully saturated rings. The van der Waals surface area contributed by atoms with Crippen LogP contribution in [0, 0.1) is 0 Å². The topological polar surface area (TPSA) is 144 Å². The summed E-state index contributed by atoms with van der Waals surface area (Å²) in [4.78, 5) is 50.5. The van der Waals surface area contributed by atoms with Crippen LogP contribution in [-0.2, 0) is 0 Å². The molecular formula is C128H83N13. The van der Waals surface area contributed by atoms with Crippen LogP contribution >= 0.6 is 0 Å². The van der Waals surface area contributed by atoms with E-state index in [0.717, 1.165) is 206 Å². The zero-order valence-electron chi connectivity index (χ0n) is 76.2. The van der Waals surface area contributed by atoms with Crippen molar-refractivity contribution in [1.82, 2.24) is 63.5 Å².